The topological polar surface area (TPSA) is 76.8 Å². The summed E-state index contributed by atoms with van der Waals surface area (Å²) in [5.41, 5.74) is 3.53. The Morgan fingerprint density at radius 1 is 1.05 bits per heavy atom. The summed E-state index contributed by atoms with van der Waals surface area (Å²) in [5.74, 6) is 3.80. The van der Waals surface area contributed by atoms with E-state index < -0.39 is 0 Å². The number of hydrogen-bond acceptors (Lipinski definition) is 7. The second-order valence-electron chi connectivity index (χ2n) is 10.1. The van der Waals surface area contributed by atoms with Crippen LogP contribution in [-0.2, 0) is 7.05 Å². The van der Waals surface area contributed by atoms with Crippen molar-refractivity contribution in [3.63, 3.8) is 0 Å². The van der Waals surface area contributed by atoms with Gasteiger partial charge < -0.3 is 24.3 Å². The van der Waals surface area contributed by atoms with E-state index in [-0.39, 0.29) is 0 Å². The van der Waals surface area contributed by atoms with Crippen LogP contribution in [0, 0.1) is 12.8 Å². The van der Waals surface area contributed by atoms with Crippen LogP contribution >= 0.6 is 0 Å². The standard InChI is InChI=1S/C31H36N6O2/c1-5-32-30-20-26(12-16-37(30)4)39-29-9-6-24(18-22(29)2)35-31-27-19-25(7-8-28(27)33-21-34-31)38-17-13-23-10-14-36(3)15-11-23/h5-9,12,16,18-21,23H,1,10-11,13-15,17H2,2-4H3,(H,33,34,35)/b32-30-. The average molecular weight is 525 g/mol. The third-order valence-electron chi connectivity index (χ3n) is 7.22. The van der Waals surface area contributed by atoms with Crippen molar-refractivity contribution < 1.29 is 9.47 Å². The van der Waals surface area contributed by atoms with Gasteiger partial charge in [0, 0.05) is 36.6 Å². The van der Waals surface area contributed by atoms with E-state index in [1.54, 1.807) is 6.33 Å². The van der Waals surface area contributed by atoms with Gasteiger partial charge in [-0.2, -0.15) is 0 Å². The summed E-state index contributed by atoms with van der Waals surface area (Å²) in [4.78, 5) is 15.6. The zero-order chi connectivity index (χ0) is 27.2. The summed E-state index contributed by atoms with van der Waals surface area (Å²) < 4.78 is 14.2. The summed E-state index contributed by atoms with van der Waals surface area (Å²) in [6.07, 6.45) is 8.60. The van der Waals surface area contributed by atoms with Gasteiger partial charge in [-0.1, -0.05) is 6.58 Å². The fourth-order valence-corrected chi connectivity index (χ4v) is 4.85. The van der Waals surface area contributed by atoms with Crippen molar-refractivity contribution >= 4 is 22.4 Å². The zero-order valence-electron chi connectivity index (χ0n) is 22.9. The highest BCUT2D eigenvalue weighted by Gasteiger charge is 2.16. The second kappa shape index (κ2) is 12.1. The van der Waals surface area contributed by atoms with Gasteiger partial charge in [0.2, 0.25) is 0 Å². The first kappa shape index (κ1) is 26.4. The Morgan fingerprint density at radius 3 is 2.69 bits per heavy atom. The molecule has 0 bridgehead atoms. The Morgan fingerprint density at radius 2 is 1.90 bits per heavy atom. The third-order valence-corrected chi connectivity index (χ3v) is 7.22. The lowest BCUT2D eigenvalue weighted by Gasteiger charge is -2.28. The molecule has 4 aromatic rings. The minimum atomic E-state index is 0.711. The molecule has 202 valence electrons. The molecule has 5 rings (SSSR count). The monoisotopic (exact) mass is 524 g/mol. The lowest BCUT2D eigenvalue weighted by atomic mass is 9.94. The van der Waals surface area contributed by atoms with Crippen molar-refractivity contribution in [2.75, 3.05) is 32.1 Å². The van der Waals surface area contributed by atoms with Gasteiger partial charge in [-0.25, -0.2) is 15.0 Å². The van der Waals surface area contributed by atoms with Gasteiger partial charge in [-0.3, -0.25) is 0 Å². The van der Waals surface area contributed by atoms with Crippen LogP contribution in [-0.4, -0.2) is 46.2 Å². The highest BCUT2D eigenvalue weighted by molar-refractivity contribution is 5.91. The molecule has 3 heterocycles. The molecule has 1 N–H and O–H groups in total. The van der Waals surface area contributed by atoms with Gasteiger partial charge in [-0.05, 0) is 100 Å². The number of pyridine rings is 1. The number of likely N-dealkylation sites (tertiary alicyclic amines) is 1. The molecule has 0 atom stereocenters. The molecule has 0 saturated carbocycles. The van der Waals surface area contributed by atoms with Gasteiger partial charge in [-0.15, -0.1) is 0 Å². The first-order chi connectivity index (χ1) is 19.0. The number of aryl methyl sites for hydroxylation is 2. The smallest absolute Gasteiger partial charge is 0.141 e. The van der Waals surface area contributed by atoms with Gasteiger partial charge in [0.05, 0.1) is 12.1 Å². The molecule has 1 aliphatic rings. The number of fused-ring (bicyclic) bond motifs is 1. The number of rotatable bonds is 9. The van der Waals surface area contributed by atoms with E-state index in [0.717, 1.165) is 63.9 Å². The number of piperidine rings is 1. The fourth-order valence-electron chi connectivity index (χ4n) is 4.85. The molecular weight excluding hydrogens is 488 g/mol. The summed E-state index contributed by atoms with van der Waals surface area (Å²) in [6.45, 7) is 8.78. The molecule has 1 aliphatic heterocycles. The summed E-state index contributed by atoms with van der Waals surface area (Å²) >= 11 is 0. The van der Waals surface area contributed by atoms with Gasteiger partial charge in [0.1, 0.15) is 34.9 Å². The van der Waals surface area contributed by atoms with Gasteiger partial charge in [0.25, 0.3) is 0 Å². The van der Waals surface area contributed by atoms with Crippen LogP contribution in [0.15, 0.2) is 78.8 Å². The number of anilines is 2. The first-order valence-corrected chi connectivity index (χ1v) is 13.4. The average Bonchev–Trinajstić information content (AvgIpc) is 2.93. The number of ether oxygens (including phenoxy) is 2. The summed E-state index contributed by atoms with van der Waals surface area (Å²) in [5, 5.41) is 4.37. The second-order valence-corrected chi connectivity index (χ2v) is 10.1. The molecular formula is C31H36N6O2. The summed E-state index contributed by atoms with van der Waals surface area (Å²) in [6, 6.07) is 15.8. The van der Waals surface area contributed by atoms with E-state index in [9.17, 15) is 0 Å². The maximum Gasteiger partial charge on any atom is 0.141 e. The molecule has 8 nitrogen and oxygen atoms in total. The van der Waals surface area contributed by atoms with Crippen molar-refractivity contribution in [3.8, 4) is 17.2 Å². The molecule has 0 aliphatic carbocycles. The number of aromatic nitrogens is 3. The molecule has 0 unspecified atom stereocenters. The number of hydrogen-bond donors (Lipinski definition) is 1. The minimum Gasteiger partial charge on any atom is -0.494 e. The summed E-state index contributed by atoms with van der Waals surface area (Å²) in [7, 11) is 4.13. The molecule has 2 aromatic heterocycles. The molecule has 1 fully saturated rings. The normalized spacial score (nSPS) is 14.9. The number of nitrogens with zero attached hydrogens (tertiary/aromatic N) is 5. The predicted octanol–water partition coefficient (Wildman–Crippen LogP) is 5.97. The minimum absolute atomic E-state index is 0.711. The lowest BCUT2D eigenvalue weighted by molar-refractivity contribution is 0.187. The van der Waals surface area contributed by atoms with E-state index in [1.165, 1.54) is 32.1 Å². The fraction of sp³-hybridized carbons (Fsp3) is 0.323. The molecule has 0 radical (unpaired) electrons. The molecule has 0 amide bonds. The molecule has 2 aromatic carbocycles. The highest BCUT2D eigenvalue weighted by Crippen LogP contribution is 2.31. The number of benzene rings is 2. The van der Waals surface area contributed by atoms with Gasteiger partial charge >= 0.3 is 0 Å². The van der Waals surface area contributed by atoms with E-state index in [4.69, 9.17) is 9.47 Å². The van der Waals surface area contributed by atoms with E-state index in [2.05, 4.69) is 38.8 Å². The largest absolute Gasteiger partial charge is 0.494 e. The Kier molecular flexibility index (Phi) is 8.22. The third kappa shape index (κ3) is 6.64. The zero-order valence-corrected chi connectivity index (χ0v) is 22.9. The molecule has 8 heteroatoms. The maximum atomic E-state index is 6.15. The van der Waals surface area contributed by atoms with Gasteiger partial charge in [0.15, 0.2) is 0 Å². The SMILES string of the molecule is C=C/N=c1/cc(Oc2ccc(Nc3ncnc4ccc(OCCC5CCN(C)CC5)cc34)cc2C)ccn1C. The Hall–Kier alpha value is -4.17. The Labute approximate surface area is 229 Å². The van der Waals surface area contributed by atoms with E-state index in [1.807, 2.05) is 73.3 Å². The number of nitrogens with one attached hydrogen (secondary N) is 1. The van der Waals surface area contributed by atoms with Crippen molar-refractivity contribution in [2.45, 2.75) is 26.2 Å². The predicted molar refractivity (Wildman–Crippen MR) is 156 cm³/mol. The Balaban J connectivity index is 1.28. The van der Waals surface area contributed by atoms with Crippen molar-refractivity contribution in [1.29, 1.82) is 0 Å². The van der Waals surface area contributed by atoms with Crippen LogP contribution in [0.4, 0.5) is 11.5 Å². The van der Waals surface area contributed by atoms with Crippen molar-refractivity contribution in [1.82, 2.24) is 19.4 Å². The quantitative estimate of drug-likeness (QED) is 0.291. The van der Waals surface area contributed by atoms with Crippen molar-refractivity contribution in [2.24, 2.45) is 18.0 Å². The van der Waals surface area contributed by atoms with Crippen LogP contribution < -0.4 is 20.3 Å². The first-order valence-electron chi connectivity index (χ1n) is 13.4. The van der Waals surface area contributed by atoms with Crippen LogP contribution in [0.2, 0.25) is 0 Å². The Bertz CT molecular complexity index is 1520. The highest BCUT2D eigenvalue weighted by atomic mass is 16.5. The molecule has 1 saturated heterocycles. The van der Waals surface area contributed by atoms with E-state index in [0.29, 0.717) is 5.75 Å². The maximum absolute atomic E-state index is 6.15. The molecule has 39 heavy (non-hydrogen) atoms. The molecule has 0 spiro atoms. The van der Waals surface area contributed by atoms with Crippen LogP contribution in [0.5, 0.6) is 17.2 Å². The van der Waals surface area contributed by atoms with Crippen LogP contribution in [0.3, 0.4) is 0 Å². The lowest BCUT2D eigenvalue weighted by Crippen LogP contribution is -2.30. The van der Waals surface area contributed by atoms with Crippen LogP contribution in [0.1, 0.15) is 24.8 Å². The van der Waals surface area contributed by atoms with Crippen LogP contribution in [0.25, 0.3) is 10.9 Å². The van der Waals surface area contributed by atoms with Crippen molar-refractivity contribution in [3.05, 3.63) is 84.9 Å². The van der Waals surface area contributed by atoms with E-state index >= 15 is 0 Å².